The highest BCUT2D eigenvalue weighted by Gasteiger charge is 2.38. The van der Waals surface area contributed by atoms with Gasteiger partial charge in [-0.2, -0.15) is 0 Å². The van der Waals surface area contributed by atoms with Gasteiger partial charge in [-0.25, -0.2) is 0 Å². The number of hydrogen-bond acceptors (Lipinski definition) is 3. The largest absolute Gasteiger partial charge is 0.378 e. The normalized spacial score (nSPS) is 23.9. The van der Waals surface area contributed by atoms with Gasteiger partial charge in [-0.1, -0.05) is 36.4 Å². The molecule has 26 heavy (non-hydrogen) atoms. The molecule has 0 bridgehead atoms. The minimum absolute atomic E-state index is 0.0507. The average Bonchev–Trinajstić information content (AvgIpc) is 2.71. The van der Waals surface area contributed by atoms with Gasteiger partial charge in [0.2, 0.25) is 0 Å². The van der Waals surface area contributed by atoms with Gasteiger partial charge >= 0.3 is 0 Å². The minimum atomic E-state index is -0.0507. The number of benzene rings is 2. The molecule has 0 spiro atoms. The number of nitrogens with one attached hydrogen (secondary N) is 3. The molecule has 0 aromatic heterocycles. The summed E-state index contributed by atoms with van der Waals surface area (Å²) in [5, 5.41) is 10.3. The van der Waals surface area contributed by atoms with E-state index in [1.165, 1.54) is 24.0 Å². The first kappa shape index (κ1) is 16.9. The maximum absolute atomic E-state index is 12.3. The summed E-state index contributed by atoms with van der Waals surface area (Å²) in [6.45, 7) is 5.16. The van der Waals surface area contributed by atoms with E-state index in [0.29, 0.717) is 24.1 Å². The fourth-order valence-corrected chi connectivity index (χ4v) is 4.24. The third-order valence-corrected chi connectivity index (χ3v) is 5.46. The molecule has 2 aliphatic rings. The van der Waals surface area contributed by atoms with Crippen molar-refractivity contribution in [3.8, 4) is 0 Å². The van der Waals surface area contributed by atoms with Gasteiger partial charge in [0, 0.05) is 29.8 Å². The molecule has 0 radical (unpaired) electrons. The maximum Gasteiger partial charge on any atom is 0.251 e. The molecule has 4 heteroatoms. The molecule has 2 aliphatic heterocycles. The van der Waals surface area contributed by atoms with Crippen molar-refractivity contribution in [3.05, 3.63) is 77.9 Å². The number of fused-ring (bicyclic) bond motifs is 3. The Morgan fingerprint density at radius 3 is 2.85 bits per heavy atom. The smallest absolute Gasteiger partial charge is 0.251 e. The predicted molar refractivity (Wildman–Crippen MR) is 105 cm³/mol. The summed E-state index contributed by atoms with van der Waals surface area (Å²) in [6, 6.07) is 17.2. The van der Waals surface area contributed by atoms with E-state index in [9.17, 15) is 4.79 Å². The van der Waals surface area contributed by atoms with Gasteiger partial charge in [0.15, 0.2) is 0 Å². The third kappa shape index (κ3) is 3.13. The molecular formula is C22H25N3O. The zero-order valence-electron chi connectivity index (χ0n) is 14.9. The van der Waals surface area contributed by atoms with Crippen LogP contribution in [0.3, 0.4) is 0 Å². The second-order valence-electron chi connectivity index (χ2n) is 7.07. The number of amides is 1. The molecule has 2 aromatic carbocycles. The number of hydrogen-bond donors (Lipinski definition) is 3. The van der Waals surface area contributed by atoms with Crippen LogP contribution in [0.15, 0.2) is 61.2 Å². The lowest BCUT2D eigenvalue weighted by Gasteiger charge is -2.44. The SMILES string of the molecule is C=CCNC(=O)c1ccc2c(c1)C1NCCCC1C(c1ccccc1)N2. The minimum Gasteiger partial charge on any atom is -0.378 e. The molecule has 1 fully saturated rings. The van der Waals surface area contributed by atoms with Gasteiger partial charge in [-0.05, 0) is 48.7 Å². The van der Waals surface area contributed by atoms with Gasteiger partial charge in [0.1, 0.15) is 0 Å². The molecular weight excluding hydrogens is 322 g/mol. The van der Waals surface area contributed by atoms with Crippen LogP contribution in [-0.4, -0.2) is 19.0 Å². The number of anilines is 1. The monoisotopic (exact) mass is 347 g/mol. The lowest BCUT2D eigenvalue weighted by molar-refractivity contribution is 0.0957. The van der Waals surface area contributed by atoms with Crippen LogP contribution >= 0.6 is 0 Å². The molecule has 1 saturated heterocycles. The Morgan fingerprint density at radius 1 is 1.19 bits per heavy atom. The van der Waals surface area contributed by atoms with E-state index in [2.05, 4.69) is 52.9 Å². The third-order valence-electron chi connectivity index (χ3n) is 5.46. The second-order valence-corrected chi connectivity index (χ2v) is 7.07. The molecule has 2 heterocycles. The first-order valence-corrected chi connectivity index (χ1v) is 9.36. The number of piperidine rings is 1. The van der Waals surface area contributed by atoms with Crippen LogP contribution in [0.2, 0.25) is 0 Å². The zero-order valence-corrected chi connectivity index (χ0v) is 14.9. The lowest BCUT2D eigenvalue weighted by atomic mass is 9.75. The highest BCUT2D eigenvalue weighted by molar-refractivity contribution is 5.95. The Bertz CT molecular complexity index is 802. The molecule has 134 valence electrons. The van der Waals surface area contributed by atoms with Gasteiger partial charge < -0.3 is 16.0 Å². The van der Waals surface area contributed by atoms with Crippen molar-refractivity contribution in [1.82, 2.24) is 10.6 Å². The molecule has 1 amide bonds. The molecule has 3 atom stereocenters. The average molecular weight is 347 g/mol. The highest BCUT2D eigenvalue weighted by Crippen LogP contribution is 2.46. The van der Waals surface area contributed by atoms with Crippen molar-refractivity contribution in [1.29, 1.82) is 0 Å². The first-order chi connectivity index (χ1) is 12.8. The molecule has 3 N–H and O–H groups in total. The molecule has 0 saturated carbocycles. The summed E-state index contributed by atoms with van der Waals surface area (Å²) in [5.74, 6) is 0.426. The Labute approximate surface area is 154 Å². The summed E-state index contributed by atoms with van der Waals surface area (Å²) in [7, 11) is 0. The summed E-state index contributed by atoms with van der Waals surface area (Å²) < 4.78 is 0. The van der Waals surface area contributed by atoms with E-state index in [-0.39, 0.29) is 11.9 Å². The second kappa shape index (κ2) is 7.34. The van der Waals surface area contributed by atoms with Gasteiger partial charge in [-0.15, -0.1) is 6.58 Å². The topological polar surface area (TPSA) is 53.2 Å². The van der Waals surface area contributed by atoms with E-state index in [0.717, 1.165) is 12.2 Å². The van der Waals surface area contributed by atoms with Crippen LogP contribution in [0.5, 0.6) is 0 Å². The number of carbonyl (C=O) groups excluding carboxylic acids is 1. The van der Waals surface area contributed by atoms with Gasteiger partial charge in [-0.3, -0.25) is 4.79 Å². The van der Waals surface area contributed by atoms with Crippen LogP contribution in [0.25, 0.3) is 0 Å². The molecule has 0 aliphatic carbocycles. The zero-order chi connectivity index (χ0) is 17.9. The summed E-state index contributed by atoms with van der Waals surface area (Å²) >= 11 is 0. The summed E-state index contributed by atoms with van der Waals surface area (Å²) in [6.07, 6.45) is 4.05. The molecule has 4 rings (SSSR count). The van der Waals surface area contributed by atoms with Crippen LogP contribution in [-0.2, 0) is 0 Å². The number of carbonyl (C=O) groups is 1. The standard InChI is InChI=1S/C22H25N3O/c1-2-12-24-22(26)16-10-11-19-18(14-16)21-17(9-6-13-23-21)20(25-19)15-7-4-3-5-8-15/h2-5,7-8,10-11,14,17,20-21,23,25H,1,6,9,12-13H2,(H,24,26). The Kier molecular flexibility index (Phi) is 4.76. The van der Waals surface area contributed by atoms with Gasteiger partial charge in [0.05, 0.1) is 6.04 Å². The Hall–Kier alpha value is -2.59. The van der Waals surface area contributed by atoms with E-state index in [1.54, 1.807) is 6.08 Å². The van der Waals surface area contributed by atoms with Crippen molar-refractivity contribution in [2.24, 2.45) is 5.92 Å². The van der Waals surface area contributed by atoms with Crippen LogP contribution in [0, 0.1) is 5.92 Å². The maximum atomic E-state index is 12.3. The quantitative estimate of drug-likeness (QED) is 0.737. The van der Waals surface area contributed by atoms with Crippen LogP contribution in [0.1, 0.15) is 46.4 Å². The predicted octanol–water partition coefficient (Wildman–Crippen LogP) is 3.81. The molecule has 4 nitrogen and oxygen atoms in total. The molecule has 2 aromatic rings. The lowest BCUT2D eigenvalue weighted by Crippen LogP contribution is -2.42. The fourth-order valence-electron chi connectivity index (χ4n) is 4.24. The fraction of sp³-hybridized carbons (Fsp3) is 0.318. The van der Waals surface area contributed by atoms with Gasteiger partial charge in [0.25, 0.3) is 5.91 Å². The van der Waals surface area contributed by atoms with Crippen LogP contribution in [0.4, 0.5) is 5.69 Å². The van der Waals surface area contributed by atoms with E-state index in [1.807, 2.05) is 18.2 Å². The molecule has 3 unspecified atom stereocenters. The first-order valence-electron chi connectivity index (χ1n) is 9.36. The summed E-state index contributed by atoms with van der Waals surface area (Å²) in [5.41, 5.74) is 4.35. The van der Waals surface area contributed by atoms with Crippen molar-refractivity contribution >= 4 is 11.6 Å². The van der Waals surface area contributed by atoms with E-state index >= 15 is 0 Å². The van der Waals surface area contributed by atoms with Crippen molar-refractivity contribution in [2.75, 3.05) is 18.4 Å². The van der Waals surface area contributed by atoms with E-state index in [4.69, 9.17) is 0 Å². The summed E-state index contributed by atoms with van der Waals surface area (Å²) in [4.78, 5) is 12.3. The highest BCUT2D eigenvalue weighted by atomic mass is 16.1. The number of rotatable bonds is 4. The van der Waals surface area contributed by atoms with Crippen LogP contribution < -0.4 is 16.0 Å². The Morgan fingerprint density at radius 2 is 2.04 bits per heavy atom. The Balaban J connectivity index is 1.69. The van der Waals surface area contributed by atoms with Crippen molar-refractivity contribution in [2.45, 2.75) is 24.9 Å². The van der Waals surface area contributed by atoms with Crippen molar-refractivity contribution in [3.63, 3.8) is 0 Å². The van der Waals surface area contributed by atoms with Crippen molar-refractivity contribution < 1.29 is 4.79 Å². The van der Waals surface area contributed by atoms with E-state index < -0.39 is 0 Å².